The van der Waals surface area contributed by atoms with Crippen LogP contribution in [0.25, 0.3) is 0 Å². The number of hydrogen-bond acceptors (Lipinski definition) is 6. The number of carbonyl (C=O) groups is 1. The maximum Gasteiger partial charge on any atom is 0.259 e. The van der Waals surface area contributed by atoms with Crippen LogP contribution in [0.1, 0.15) is 40.9 Å². The molecule has 2 bridgehead atoms. The van der Waals surface area contributed by atoms with Crippen LogP contribution in [-0.2, 0) is 0 Å². The molecule has 6 nitrogen and oxygen atoms in total. The topological polar surface area (TPSA) is 77.7 Å². The third-order valence-corrected chi connectivity index (χ3v) is 6.68. The maximum atomic E-state index is 12.1. The number of hydrogen-bond donors (Lipinski definition) is 1. The molecule has 138 valence electrons. The van der Waals surface area contributed by atoms with Gasteiger partial charge >= 0.3 is 0 Å². The van der Waals surface area contributed by atoms with Crippen molar-refractivity contribution in [2.45, 2.75) is 31.7 Å². The molecule has 0 saturated carbocycles. The van der Waals surface area contributed by atoms with E-state index in [0.29, 0.717) is 39.4 Å². The monoisotopic (exact) mass is 373 g/mol. The first-order valence-electron chi connectivity index (χ1n) is 8.92. The number of pyridine rings is 1. The van der Waals surface area contributed by atoms with Crippen molar-refractivity contribution < 1.29 is 14.3 Å². The fraction of sp³-hybridized carbons (Fsp3) is 0.474. The highest BCUT2D eigenvalue weighted by Gasteiger charge is 2.42. The van der Waals surface area contributed by atoms with Gasteiger partial charge in [-0.2, -0.15) is 0 Å². The highest BCUT2D eigenvalue weighted by atomic mass is 32.1. The van der Waals surface area contributed by atoms with E-state index in [2.05, 4.69) is 16.8 Å². The Labute approximate surface area is 156 Å². The zero-order chi connectivity index (χ0) is 18.3. The Hall–Kier alpha value is -2.12. The van der Waals surface area contributed by atoms with Gasteiger partial charge in [0.1, 0.15) is 5.75 Å². The molecule has 26 heavy (non-hydrogen) atoms. The van der Waals surface area contributed by atoms with Crippen molar-refractivity contribution >= 4 is 17.2 Å². The molecule has 0 spiro atoms. The van der Waals surface area contributed by atoms with Crippen molar-refractivity contribution in [3.8, 4) is 16.7 Å². The molecule has 2 aromatic heterocycles. The Morgan fingerprint density at radius 1 is 1.35 bits per heavy atom. The zero-order valence-corrected chi connectivity index (χ0v) is 15.8. The van der Waals surface area contributed by atoms with Gasteiger partial charge in [0.15, 0.2) is 5.06 Å². The van der Waals surface area contributed by atoms with Crippen LogP contribution in [-0.4, -0.2) is 42.0 Å². The summed E-state index contributed by atoms with van der Waals surface area (Å²) in [6.45, 7) is 4.56. The predicted octanol–water partition coefficient (Wildman–Crippen LogP) is 3.24. The van der Waals surface area contributed by atoms with E-state index in [4.69, 9.17) is 15.2 Å². The molecule has 0 aromatic carbocycles. The first-order chi connectivity index (χ1) is 12.6. The quantitative estimate of drug-likeness (QED) is 0.870. The number of aromatic nitrogens is 1. The Balaban J connectivity index is 1.66. The van der Waals surface area contributed by atoms with Crippen LogP contribution in [0.2, 0.25) is 0 Å². The molecule has 3 aliphatic rings. The summed E-state index contributed by atoms with van der Waals surface area (Å²) in [6.07, 6.45) is 3.99. The summed E-state index contributed by atoms with van der Waals surface area (Å²) in [5.74, 6) is 1.68. The summed E-state index contributed by atoms with van der Waals surface area (Å²) in [5, 5.41) is 0.672. The van der Waals surface area contributed by atoms with Gasteiger partial charge in [0, 0.05) is 24.2 Å². The number of fused-ring (bicyclic) bond motifs is 3. The van der Waals surface area contributed by atoms with Gasteiger partial charge in [-0.1, -0.05) is 11.3 Å². The first-order valence-corrected chi connectivity index (χ1v) is 9.74. The zero-order valence-electron chi connectivity index (χ0n) is 15.0. The van der Waals surface area contributed by atoms with Crippen LogP contribution in [0.4, 0.5) is 0 Å². The van der Waals surface area contributed by atoms with E-state index in [9.17, 15) is 4.79 Å². The van der Waals surface area contributed by atoms with Crippen LogP contribution in [0.3, 0.4) is 0 Å². The molecule has 0 aliphatic carbocycles. The van der Waals surface area contributed by atoms with Gasteiger partial charge < -0.3 is 20.1 Å². The van der Waals surface area contributed by atoms with E-state index in [-0.39, 0.29) is 5.91 Å². The fourth-order valence-electron chi connectivity index (χ4n) is 4.38. The average Bonchev–Trinajstić information content (AvgIpc) is 3.06. The number of nitrogens with zero attached hydrogens (tertiary/aromatic N) is 2. The molecule has 0 unspecified atom stereocenters. The van der Waals surface area contributed by atoms with Gasteiger partial charge in [0.2, 0.25) is 5.88 Å². The first kappa shape index (κ1) is 17.3. The largest absolute Gasteiger partial charge is 0.481 e. The highest BCUT2D eigenvalue weighted by molar-refractivity contribution is 7.16. The van der Waals surface area contributed by atoms with E-state index < -0.39 is 0 Å². The fourth-order valence-corrected chi connectivity index (χ4v) is 5.31. The molecule has 5 rings (SSSR count). The second-order valence-corrected chi connectivity index (χ2v) is 8.00. The molecular weight excluding hydrogens is 350 g/mol. The average molecular weight is 373 g/mol. The van der Waals surface area contributed by atoms with Crippen molar-refractivity contribution in [1.82, 2.24) is 9.88 Å². The number of primary amides is 1. The summed E-state index contributed by atoms with van der Waals surface area (Å²) < 4.78 is 11.1. The molecule has 1 amide bonds. The number of methoxy groups -OCH3 is 1. The minimum atomic E-state index is -0.379. The van der Waals surface area contributed by atoms with Crippen LogP contribution in [0.5, 0.6) is 16.7 Å². The van der Waals surface area contributed by atoms with E-state index in [1.165, 1.54) is 24.2 Å². The van der Waals surface area contributed by atoms with E-state index in [1.54, 1.807) is 25.4 Å². The Morgan fingerprint density at radius 3 is 2.77 bits per heavy atom. The van der Waals surface area contributed by atoms with Crippen molar-refractivity contribution in [3.05, 3.63) is 34.8 Å². The van der Waals surface area contributed by atoms with Crippen LogP contribution >= 0.6 is 11.3 Å². The van der Waals surface area contributed by atoms with Crippen molar-refractivity contribution in [1.29, 1.82) is 0 Å². The van der Waals surface area contributed by atoms with Gasteiger partial charge in [0.05, 0.1) is 12.0 Å². The number of carbonyl (C=O) groups excluding carboxylic acids is 1. The molecular formula is C19H23N3O3S. The molecule has 5 heterocycles. The smallest absolute Gasteiger partial charge is 0.259 e. The van der Waals surface area contributed by atoms with E-state index >= 15 is 0 Å². The lowest BCUT2D eigenvalue weighted by molar-refractivity contribution is 0.0348. The van der Waals surface area contributed by atoms with Gasteiger partial charge in [-0.3, -0.25) is 4.79 Å². The summed E-state index contributed by atoms with van der Waals surface area (Å²) in [4.78, 5) is 19.3. The summed E-state index contributed by atoms with van der Waals surface area (Å²) in [5.41, 5.74) is 6.73. The standard InChI is InChI=1S/C19H23N3O3S/c1-11-17(12-4-7-22(11)8-5-12)14-10-16(26-18(14)19(20)23)25-13-3-6-21-15(9-13)24-2/h3,6,9-12,17H,4-5,7-8H2,1-2H3,(H2,20,23)/t11-,17+/m0/s1. The molecule has 2 atom stereocenters. The number of amides is 1. The Kier molecular flexibility index (Phi) is 4.58. The Bertz CT molecular complexity index is 812. The molecule has 2 aromatic rings. The lowest BCUT2D eigenvalue weighted by atomic mass is 9.71. The molecule has 2 N–H and O–H groups in total. The molecule has 3 aliphatic heterocycles. The molecule has 0 radical (unpaired) electrons. The minimum absolute atomic E-state index is 0.334. The minimum Gasteiger partial charge on any atom is -0.481 e. The van der Waals surface area contributed by atoms with Gasteiger partial charge in [-0.05, 0) is 56.5 Å². The van der Waals surface area contributed by atoms with E-state index in [0.717, 1.165) is 18.7 Å². The van der Waals surface area contributed by atoms with Crippen LogP contribution in [0.15, 0.2) is 24.4 Å². The van der Waals surface area contributed by atoms with Gasteiger partial charge in [-0.25, -0.2) is 4.98 Å². The summed E-state index contributed by atoms with van der Waals surface area (Å²) in [6, 6.07) is 5.91. The van der Waals surface area contributed by atoms with Gasteiger partial charge in [0.25, 0.3) is 5.91 Å². The van der Waals surface area contributed by atoms with E-state index in [1.807, 2.05) is 6.07 Å². The number of thiophene rings is 1. The maximum absolute atomic E-state index is 12.1. The number of piperidine rings is 3. The van der Waals surface area contributed by atoms with Crippen molar-refractivity contribution in [3.63, 3.8) is 0 Å². The predicted molar refractivity (Wildman–Crippen MR) is 100 cm³/mol. The summed E-state index contributed by atoms with van der Waals surface area (Å²) >= 11 is 1.32. The second kappa shape index (κ2) is 6.89. The lowest BCUT2D eigenvalue weighted by Crippen LogP contribution is -2.52. The lowest BCUT2D eigenvalue weighted by Gasteiger charge is -2.50. The number of rotatable bonds is 5. The normalized spacial score (nSPS) is 27.3. The Morgan fingerprint density at radius 2 is 2.12 bits per heavy atom. The van der Waals surface area contributed by atoms with Crippen LogP contribution < -0.4 is 15.2 Å². The van der Waals surface area contributed by atoms with Crippen molar-refractivity contribution in [2.24, 2.45) is 11.7 Å². The molecule has 7 heteroatoms. The van der Waals surface area contributed by atoms with Gasteiger partial charge in [-0.15, -0.1) is 0 Å². The van der Waals surface area contributed by atoms with Crippen LogP contribution in [0, 0.1) is 5.92 Å². The highest BCUT2D eigenvalue weighted by Crippen LogP contribution is 2.47. The SMILES string of the molecule is COc1cc(Oc2cc([C@H]3C4CCN(CC4)[C@H]3C)c(C(N)=O)s2)ccn1. The second-order valence-electron chi connectivity index (χ2n) is 6.99. The molecule has 3 saturated heterocycles. The molecule has 3 fully saturated rings. The third-order valence-electron chi connectivity index (χ3n) is 5.63. The van der Waals surface area contributed by atoms with Crippen molar-refractivity contribution in [2.75, 3.05) is 20.2 Å². The third kappa shape index (κ3) is 3.05. The summed E-state index contributed by atoms with van der Waals surface area (Å²) in [7, 11) is 1.56. The number of nitrogens with two attached hydrogens (primary N) is 1. The number of ether oxygens (including phenoxy) is 2.